The first kappa shape index (κ1) is 18.1. The van der Waals surface area contributed by atoms with Gasteiger partial charge in [-0.1, -0.05) is 36.4 Å². The Kier molecular flexibility index (Phi) is 4.79. The minimum atomic E-state index is -1.46. The second-order valence-corrected chi connectivity index (χ2v) is 7.96. The minimum Gasteiger partial charge on any atom is -0.295 e. The number of para-hydroxylation sites is 1. The quantitative estimate of drug-likeness (QED) is 0.533. The zero-order valence-corrected chi connectivity index (χ0v) is 16.4. The molecule has 0 aliphatic rings. The lowest BCUT2D eigenvalue weighted by molar-refractivity contribution is 0.681. The third-order valence-corrected chi connectivity index (χ3v) is 5.91. The standard InChI is InChI=1S/C22H19N3O2S/c1-16-13-20-19(15-23-16)21(26)14-22(25(20)17-9-5-3-6-10-17)24(2)28(27)18-11-7-4-8-12-18/h3-15H,1-2H3. The predicted molar refractivity (Wildman–Crippen MR) is 113 cm³/mol. The molecule has 0 fully saturated rings. The number of hydrogen-bond donors (Lipinski definition) is 0. The highest BCUT2D eigenvalue weighted by molar-refractivity contribution is 7.86. The number of hydrogen-bond acceptors (Lipinski definition) is 3. The monoisotopic (exact) mass is 389 g/mol. The van der Waals surface area contributed by atoms with E-state index >= 15 is 0 Å². The summed E-state index contributed by atoms with van der Waals surface area (Å²) in [5.41, 5.74) is 2.27. The zero-order chi connectivity index (χ0) is 19.7. The molecule has 0 radical (unpaired) electrons. The maximum absolute atomic E-state index is 13.2. The van der Waals surface area contributed by atoms with Gasteiger partial charge in [0.15, 0.2) is 16.4 Å². The van der Waals surface area contributed by atoms with Crippen LogP contribution in [0, 0.1) is 6.92 Å². The average molecular weight is 389 g/mol. The molecule has 4 rings (SSSR count). The van der Waals surface area contributed by atoms with Crippen LogP contribution < -0.4 is 9.73 Å². The van der Waals surface area contributed by atoms with E-state index in [1.807, 2.05) is 78.2 Å². The summed E-state index contributed by atoms with van der Waals surface area (Å²) < 4.78 is 16.7. The molecule has 0 saturated carbocycles. The van der Waals surface area contributed by atoms with Gasteiger partial charge in [0.05, 0.1) is 15.8 Å². The van der Waals surface area contributed by atoms with E-state index in [9.17, 15) is 9.00 Å². The molecular formula is C22H19N3O2S. The van der Waals surface area contributed by atoms with Crippen LogP contribution in [0.1, 0.15) is 5.69 Å². The van der Waals surface area contributed by atoms with E-state index in [4.69, 9.17) is 0 Å². The molecule has 0 aliphatic carbocycles. The van der Waals surface area contributed by atoms with E-state index < -0.39 is 11.0 Å². The van der Waals surface area contributed by atoms with Crippen LogP contribution in [0.3, 0.4) is 0 Å². The highest BCUT2D eigenvalue weighted by Crippen LogP contribution is 2.26. The fourth-order valence-electron chi connectivity index (χ4n) is 3.16. The number of aryl methyl sites for hydroxylation is 1. The molecule has 0 saturated heterocycles. The van der Waals surface area contributed by atoms with Gasteiger partial charge in [0.1, 0.15) is 5.82 Å². The van der Waals surface area contributed by atoms with Gasteiger partial charge in [0.25, 0.3) is 0 Å². The van der Waals surface area contributed by atoms with Gasteiger partial charge in [-0.15, -0.1) is 0 Å². The van der Waals surface area contributed by atoms with Gasteiger partial charge in [-0.25, -0.2) is 4.21 Å². The van der Waals surface area contributed by atoms with E-state index in [-0.39, 0.29) is 5.43 Å². The topological polar surface area (TPSA) is 55.2 Å². The van der Waals surface area contributed by atoms with Crippen molar-refractivity contribution in [1.82, 2.24) is 9.55 Å². The molecule has 2 heterocycles. The van der Waals surface area contributed by atoms with Gasteiger partial charge < -0.3 is 0 Å². The van der Waals surface area contributed by atoms with Crippen LogP contribution in [0.5, 0.6) is 0 Å². The Balaban J connectivity index is 2.00. The number of anilines is 1. The van der Waals surface area contributed by atoms with E-state index in [0.29, 0.717) is 16.1 Å². The SMILES string of the molecule is Cc1cc2c(cn1)c(=O)cc(N(C)S(=O)c1ccccc1)n2-c1ccccc1. The van der Waals surface area contributed by atoms with Crippen molar-refractivity contribution in [3.8, 4) is 5.69 Å². The van der Waals surface area contributed by atoms with Gasteiger partial charge in [0.2, 0.25) is 0 Å². The Morgan fingerprint density at radius 1 is 0.964 bits per heavy atom. The Morgan fingerprint density at radius 3 is 2.29 bits per heavy atom. The number of aromatic nitrogens is 2. The van der Waals surface area contributed by atoms with Crippen molar-refractivity contribution in [3.63, 3.8) is 0 Å². The Bertz CT molecular complexity index is 1220. The van der Waals surface area contributed by atoms with Crippen molar-refractivity contribution < 1.29 is 4.21 Å². The third-order valence-electron chi connectivity index (χ3n) is 4.55. The van der Waals surface area contributed by atoms with Crippen LogP contribution in [-0.2, 0) is 11.0 Å². The van der Waals surface area contributed by atoms with Crippen molar-refractivity contribution in [2.45, 2.75) is 11.8 Å². The van der Waals surface area contributed by atoms with Crippen molar-refractivity contribution in [3.05, 3.63) is 94.9 Å². The molecule has 1 atom stereocenters. The summed E-state index contributed by atoms with van der Waals surface area (Å²) in [7, 11) is 0.272. The molecule has 28 heavy (non-hydrogen) atoms. The van der Waals surface area contributed by atoms with Gasteiger partial charge in [0, 0.05) is 30.7 Å². The highest BCUT2D eigenvalue weighted by Gasteiger charge is 2.19. The van der Waals surface area contributed by atoms with E-state index in [2.05, 4.69) is 4.98 Å². The average Bonchev–Trinajstić information content (AvgIpc) is 2.73. The summed E-state index contributed by atoms with van der Waals surface area (Å²) in [5.74, 6) is 0.552. The third kappa shape index (κ3) is 3.23. The summed E-state index contributed by atoms with van der Waals surface area (Å²) in [4.78, 5) is 17.7. The first-order valence-corrected chi connectivity index (χ1v) is 9.95. The fourth-order valence-corrected chi connectivity index (χ4v) is 4.17. The van der Waals surface area contributed by atoms with Crippen LogP contribution in [0.25, 0.3) is 16.6 Å². The number of benzene rings is 2. The largest absolute Gasteiger partial charge is 0.295 e. The molecule has 0 bridgehead atoms. The normalized spacial score (nSPS) is 12.1. The highest BCUT2D eigenvalue weighted by atomic mass is 32.2. The Morgan fingerprint density at radius 2 is 1.61 bits per heavy atom. The van der Waals surface area contributed by atoms with Crippen LogP contribution >= 0.6 is 0 Å². The van der Waals surface area contributed by atoms with Crippen LogP contribution in [0.4, 0.5) is 5.82 Å². The predicted octanol–water partition coefficient (Wildman–Crippen LogP) is 3.85. The lowest BCUT2D eigenvalue weighted by atomic mass is 10.2. The summed E-state index contributed by atoms with van der Waals surface area (Å²) in [6, 6.07) is 22.3. The molecule has 2 aromatic carbocycles. The number of fused-ring (bicyclic) bond motifs is 1. The van der Waals surface area contributed by atoms with E-state index in [0.717, 1.165) is 16.9 Å². The molecule has 1 unspecified atom stereocenters. The summed E-state index contributed by atoms with van der Waals surface area (Å²) in [5, 5.41) is 0.525. The number of pyridine rings is 2. The molecule has 6 heteroatoms. The van der Waals surface area contributed by atoms with Gasteiger partial charge in [-0.2, -0.15) is 0 Å². The molecule has 4 aromatic rings. The molecule has 140 valence electrons. The van der Waals surface area contributed by atoms with Gasteiger partial charge in [-0.3, -0.25) is 18.7 Å². The van der Waals surface area contributed by atoms with E-state index in [1.54, 1.807) is 17.5 Å². The summed E-state index contributed by atoms with van der Waals surface area (Å²) in [6.07, 6.45) is 1.60. The molecule has 0 amide bonds. The van der Waals surface area contributed by atoms with Crippen molar-refractivity contribution in [1.29, 1.82) is 0 Å². The van der Waals surface area contributed by atoms with Gasteiger partial charge >= 0.3 is 0 Å². The Hall–Kier alpha value is -3.25. The maximum Gasteiger partial charge on any atom is 0.193 e. The molecule has 0 aliphatic heterocycles. The maximum atomic E-state index is 13.2. The smallest absolute Gasteiger partial charge is 0.193 e. The second kappa shape index (κ2) is 7.40. The Labute approximate surface area is 165 Å². The number of rotatable bonds is 4. The molecule has 2 aromatic heterocycles. The summed E-state index contributed by atoms with van der Waals surface area (Å²) >= 11 is 0. The molecule has 5 nitrogen and oxygen atoms in total. The minimum absolute atomic E-state index is 0.151. The second-order valence-electron chi connectivity index (χ2n) is 6.44. The van der Waals surface area contributed by atoms with Crippen LogP contribution in [-0.4, -0.2) is 20.8 Å². The van der Waals surface area contributed by atoms with Crippen LogP contribution in [0.15, 0.2) is 88.7 Å². The molecule has 0 spiro atoms. The first-order chi connectivity index (χ1) is 13.6. The van der Waals surface area contributed by atoms with Crippen molar-refractivity contribution >= 4 is 27.7 Å². The summed E-state index contributed by atoms with van der Waals surface area (Å²) in [6.45, 7) is 1.89. The van der Waals surface area contributed by atoms with E-state index in [1.165, 1.54) is 6.07 Å². The van der Waals surface area contributed by atoms with Crippen LogP contribution in [0.2, 0.25) is 0 Å². The van der Waals surface area contributed by atoms with Crippen molar-refractivity contribution in [2.75, 3.05) is 11.4 Å². The number of nitrogens with zero attached hydrogens (tertiary/aromatic N) is 3. The molecular weight excluding hydrogens is 370 g/mol. The van der Waals surface area contributed by atoms with Crippen molar-refractivity contribution in [2.24, 2.45) is 0 Å². The lowest BCUT2D eigenvalue weighted by Crippen LogP contribution is -2.26. The zero-order valence-electron chi connectivity index (χ0n) is 15.6. The lowest BCUT2D eigenvalue weighted by Gasteiger charge is -2.24. The molecule has 0 N–H and O–H groups in total. The van der Waals surface area contributed by atoms with Gasteiger partial charge in [-0.05, 0) is 37.3 Å². The first-order valence-electron chi connectivity index (χ1n) is 8.85. The fraction of sp³-hybridized carbons (Fsp3) is 0.0909.